The van der Waals surface area contributed by atoms with Gasteiger partial charge < -0.3 is 9.64 Å². The van der Waals surface area contributed by atoms with E-state index in [1.807, 2.05) is 6.08 Å². The lowest BCUT2D eigenvalue weighted by Gasteiger charge is -2.41. The molecule has 1 atom stereocenters. The summed E-state index contributed by atoms with van der Waals surface area (Å²) in [4.78, 5) is 27.0. The van der Waals surface area contributed by atoms with Crippen LogP contribution in [0.3, 0.4) is 0 Å². The lowest BCUT2D eigenvalue weighted by Crippen LogP contribution is -2.53. The first-order valence-electron chi connectivity index (χ1n) is 10.2. The number of fused-ring (bicyclic) bond motifs is 1. The van der Waals surface area contributed by atoms with Crippen LogP contribution >= 0.6 is 0 Å². The highest BCUT2D eigenvalue weighted by molar-refractivity contribution is 6.93. The molecule has 0 aromatic heterocycles. The minimum absolute atomic E-state index is 0.105. The van der Waals surface area contributed by atoms with Crippen LogP contribution in [0.1, 0.15) is 61.5 Å². The zero-order chi connectivity index (χ0) is 20.9. The molecular formula is C23H33NO3Si. The zero-order valence-corrected chi connectivity index (χ0v) is 19.3. The highest BCUT2D eigenvalue weighted by Gasteiger charge is 2.43. The van der Waals surface area contributed by atoms with Crippen LogP contribution in [0.2, 0.25) is 18.1 Å². The first-order valence-corrected chi connectivity index (χ1v) is 13.2. The van der Waals surface area contributed by atoms with Gasteiger partial charge >= 0.3 is 5.97 Å². The third-order valence-corrected chi connectivity index (χ3v) is 12.7. The number of nitrogens with zero attached hydrogens (tertiary/aromatic N) is 1. The number of carbonyl (C=O) groups is 2. The molecule has 0 N–H and O–H groups in total. The fraction of sp³-hybridized carbons (Fsp3) is 0.565. The number of ether oxygens (including phenoxy) is 1. The minimum atomic E-state index is -1.98. The second kappa shape index (κ2) is 7.18. The monoisotopic (exact) mass is 399 g/mol. The van der Waals surface area contributed by atoms with Crippen LogP contribution in [0.4, 0.5) is 5.69 Å². The maximum atomic E-state index is 12.6. The molecular weight excluding hydrogens is 366 g/mol. The van der Waals surface area contributed by atoms with Gasteiger partial charge in [0.1, 0.15) is 6.61 Å². The van der Waals surface area contributed by atoms with Gasteiger partial charge in [0.25, 0.3) is 0 Å². The van der Waals surface area contributed by atoms with E-state index in [4.69, 9.17) is 4.74 Å². The van der Waals surface area contributed by atoms with E-state index in [1.54, 1.807) is 6.08 Å². The zero-order valence-electron chi connectivity index (χ0n) is 18.3. The van der Waals surface area contributed by atoms with Gasteiger partial charge in [-0.15, -0.1) is 0 Å². The molecule has 5 heteroatoms. The Morgan fingerprint density at radius 2 is 1.89 bits per heavy atom. The van der Waals surface area contributed by atoms with Crippen LogP contribution in [0.25, 0.3) is 0 Å². The predicted octanol–water partition coefficient (Wildman–Crippen LogP) is 4.49. The molecule has 1 aromatic carbocycles. The Bertz CT molecular complexity index is 848. The lowest BCUT2D eigenvalue weighted by atomic mass is 10.0. The van der Waals surface area contributed by atoms with Crippen molar-refractivity contribution in [2.45, 2.75) is 77.7 Å². The number of esters is 1. The lowest BCUT2D eigenvalue weighted by molar-refractivity contribution is -0.114. The molecule has 152 valence electrons. The van der Waals surface area contributed by atoms with Crippen LogP contribution in [-0.4, -0.2) is 32.9 Å². The molecule has 1 aliphatic carbocycles. The third kappa shape index (κ3) is 3.45. The van der Waals surface area contributed by atoms with Crippen LogP contribution in [0, 0.1) is 6.92 Å². The van der Waals surface area contributed by atoms with E-state index in [-0.39, 0.29) is 22.8 Å². The van der Waals surface area contributed by atoms with Gasteiger partial charge in [-0.25, -0.2) is 4.79 Å². The Hall–Kier alpha value is -1.88. The van der Waals surface area contributed by atoms with Gasteiger partial charge in [-0.1, -0.05) is 39.9 Å². The SMILES string of the molecule is Cc1c(N(C)C2CCC=CC(=O)C2)cc2c(c1[Si](C)(C)C(C)(C)C)C(=O)OC2. The second-order valence-corrected chi connectivity index (χ2v) is 15.0. The second-order valence-electron chi connectivity index (χ2n) is 9.80. The summed E-state index contributed by atoms with van der Waals surface area (Å²) in [5, 5.41) is 1.33. The van der Waals surface area contributed by atoms with Crippen molar-refractivity contribution in [3.05, 3.63) is 34.9 Å². The number of carbonyl (C=O) groups excluding carboxylic acids is 2. The van der Waals surface area contributed by atoms with Crippen molar-refractivity contribution in [2.75, 3.05) is 11.9 Å². The molecule has 1 aliphatic heterocycles. The highest BCUT2D eigenvalue weighted by Crippen LogP contribution is 2.40. The molecule has 0 amide bonds. The molecule has 1 aromatic rings. The van der Waals surface area contributed by atoms with Crippen molar-refractivity contribution in [3.63, 3.8) is 0 Å². The Balaban J connectivity index is 2.15. The number of ketones is 1. The summed E-state index contributed by atoms with van der Waals surface area (Å²) >= 11 is 0. The van der Waals surface area contributed by atoms with Gasteiger partial charge in [0.15, 0.2) is 5.78 Å². The maximum absolute atomic E-state index is 12.6. The van der Waals surface area contributed by atoms with Gasteiger partial charge in [0.05, 0.1) is 13.6 Å². The summed E-state index contributed by atoms with van der Waals surface area (Å²) in [5.74, 6) is 0.0114. The Labute approximate surface area is 170 Å². The van der Waals surface area contributed by atoms with E-state index in [2.05, 4.69) is 58.8 Å². The van der Waals surface area contributed by atoms with Crippen molar-refractivity contribution < 1.29 is 14.3 Å². The fourth-order valence-corrected chi connectivity index (χ4v) is 7.04. The summed E-state index contributed by atoms with van der Waals surface area (Å²) in [6.45, 7) is 14.0. The Morgan fingerprint density at radius 3 is 2.54 bits per heavy atom. The van der Waals surface area contributed by atoms with Gasteiger partial charge in [0, 0.05) is 30.8 Å². The number of allylic oxidation sites excluding steroid dienone is 2. The van der Waals surface area contributed by atoms with Gasteiger partial charge in [-0.3, -0.25) is 4.79 Å². The summed E-state index contributed by atoms with van der Waals surface area (Å²) in [7, 11) is 0.107. The molecule has 0 saturated heterocycles. The van der Waals surface area contributed by atoms with Crippen LogP contribution < -0.4 is 10.1 Å². The molecule has 28 heavy (non-hydrogen) atoms. The topological polar surface area (TPSA) is 46.6 Å². The van der Waals surface area contributed by atoms with E-state index in [1.165, 1.54) is 10.8 Å². The van der Waals surface area contributed by atoms with Crippen LogP contribution in [0.15, 0.2) is 18.2 Å². The average molecular weight is 400 g/mol. The normalized spacial score (nSPS) is 20.0. The number of cyclic esters (lactones) is 1. The summed E-state index contributed by atoms with van der Waals surface area (Å²) in [6, 6.07) is 2.29. The van der Waals surface area contributed by atoms with Gasteiger partial charge in [0.2, 0.25) is 0 Å². The molecule has 0 fully saturated rings. The molecule has 0 saturated carbocycles. The van der Waals surface area contributed by atoms with E-state index >= 15 is 0 Å². The molecule has 0 bridgehead atoms. The number of benzene rings is 1. The van der Waals surface area contributed by atoms with E-state index in [0.29, 0.717) is 13.0 Å². The van der Waals surface area contributed by atoms with Crippen molar-refractivity contribution in [2.24, 2.45) is 0 Å². The quantitative estimate of drug-likeness (QED) is 0.555. The smallest absolute Gasteiger partial charge is 0.338 e. The van der Waals surface area contributed by atoms with E-state index in [0.717, 1.165) is 29.7 Å². The van der Waals surface area contributed by atoms with Crippen molar-refractivity contribution in [1.82, 2.24) is 0 Å². The molecule has 1 heterocycles. The number of hydrogen-bond donors (Lipinski definition) is 0. The van der Waals surface area contributed by atoms with Crippen LogP contribution in [0.5, 0.6) is 0 Å². The van der Waals surface area contributed by atoms with Crippen LogP contribution in [-0.2, 0) is 16.1 Å². The molecule has 0 radical (unpaired) electrons. The van der Waals surface area contributed by atoms with E-state index < -0.39 is 8.07 Å². The fourth-order valence-electron chi connectivity index (χ4n) is 4.34. The largest absolute Gasteiger partial charge is 0.457 e. The molecule has 0 spiro atoms. The third-order valence-electron chi connectivity index (χ3n) is 7.04. The Morgan fingerprint density at radius 1 is 1.21 bits per heavy atom. The number of rotatable bonds is 3. The highest BCUT2D eigenvalue weighted by atomic mass is 28.3. The van der Waals surface area contributed by atoms with Crippen molar-refractivity contribution in [3.8, 4) is 0 Å². The predicted molar refractivity (Wildman–Crippen MR) is 117 cm³/mol. The van der Waals surface area contributed by atoms with E-state index in [9.17, 15) is 9.59 Å². The summed E-state index contributed by atoms with van der Waals surface area (Å²) in [6.07, 6.45) is 6.12. The number of hydrogen-bond acceptors (Lipinski definition) is 4. The van der Waals surface area contributed by atoms with Crippen molar-refractivity contribution in [1.29, 1.82) is 0 Å². The molecule has 2 aliphatic rings. The maximum Gasteiger partial charge on any atom is 0.338 e. The minimum Gasteiger partial charge on any atom is -0.457 e. The van der Waals surface area contributed by atoms with Gasteiger partial charge in [-0.2, -0.15) is 0 Å². The molecule has 4 nitrogen and oxygen atoms in total. The van der Waals surface area contributed by atoms with Gasteiger partial charge in [-0.05, 0) is 47.7 Å². The number of anilines is 1. The standard InChI is InChI=1S/C23H33NO3Si/c1-15-19(24(5)17-10-8-9-11-18(25)13-17)12-16-14-27-22(26)20(16)21(15)28(6,7)23(2,3)4/h9,11-12,17H,8,10,13-14H2,1-7H3. The first kappa shape index (κ1) is 20.8. The average Bonchev–Trinajstić information content (AvgIpc) is 2.81. The first-order chi connectivity index (χ1) is 12.9. The molecule has 1 unspecified atom stereocenters. The Kier molecular flexibility index (Phi) is 5.34. The van der Waals surface area contributed by atoms with Crippen molar-refractivity contribution >= 4 is 30.7 Å². The molecule has 3 rings (SSSR count). The summed E-state index contributed by atoms with van der Waals surface area (Å²) in [5.41, 5.74) is 4.11. The summed E-state index contributed by atoms with van der Waals surface area (Å²) < 4.78 is 5.44.